The summed E-state index contributed by atoms with van der Waals surface area (Å²) in [5.41, 5.74) is 3.35. The van der Waals surface area contributed by atoms with Crippen molar-refractivity contribution in [3.63, 3.8) is 0 Å². The molecule has 0 spiro atoms. The molecule has 144 valence electrons. The summed E-state index contributed by atoms with van der Waals surface area (Å²) in [6, 6.07) is 11.8. The van der Waals surface area contributed by atoms with Gasteiger partial charge in [-0.2, -0.15) is 0 Å². The van der Waals surface area contributed by atoms with Gasteiger partial charge in [-0.1, -0.05) is 30.3 Å². The van der Waals surface area contributed by atoms with Crippen LogP contribution in [-0.4, -0.2) is 51.9 Å². The number of benzene rings is 1. The van der Waals surface area contributed by atoms with Crippen molar-refractivity contribution in [2.75, 3.05) is 13.2 Å². The maximum absolute atomic E-state index is 13.5. The predicted molar refractivity (Wildman–Crippen MR) is 102 cm³/mol. The van der Waals surface area contributed by atoms with Gasteiger partial charge >= 0.3 is 0 Å². The average Bonchev–Trinajstić information content (AvgIpc) is 3.58. The molecule has 6 nitrogen and oxygen atoms in total. The molecular weight excluding hydrogens is 354 g/mol. The third kappa shape index (κ3) is 3.07. The number of rotatable bonds is 3. The lowest BCUT2D eigenvalue weighted by molar-refractivity contribution is -0.170. The highest BCUT2D eigenvalue weighted by Crippen LogP contribution is 2.40. The maximum atomic E-state index is 13.5. The fourth-order valence-corrected chi connectivity index (χ4v) is 4.37. The highest BCUT2D eigenvalue weighted by Gasteiger charge is 2.48. The molecule has 2 atom stereocenters. The highest BCUT2D eigenvalue weighted by atomic mass is 16.5. The molecule has 2 amide bonds. The lowest BCUT2D eigenvalue weighted by Gasteiger charge is -2.42. The van der Waals surface area contributed by atoms with Gasteiger partial charge in [-0.15, -0.1) is 0 Å². The van der Waals surface area contributed by atoms with E-state index in [-0.39, 0.29) is 24.5 Å². The van der Waals surface area contributed by atoms with E-state index < -0.39 is 12.1 Å². The number of aromatic nitrogens is 1. The molecule has 3 aliphatic rings. The van der Waals surface area contributed by atoms with E-state index in [1.54, 1.807) is 12.4 Å². The van der Waals surface area contributed by atoms with Crippen LogP contribution in [-0.2, 0) is 27.3 Å². The third-order valence-electron chi connectivity index (χ3n) is 5.91. The highest BCUT2D eigenvalue weighted by molar-refractivity contribution is 5.87. The van der Waals surface area contributed by atoms with Crippen LogP contribution in [0.25, 0.3) is 0 Å². The third-order valence-corrected chi connectivity index (χ3v) is 5.91. The lowest BCUT2D eigenvalue weighted by atomic mass is 9.95. The molecule has 1 aromatic heterocycles. The normalized spacial score (nSPS) is 24.8. The number of carbonyl (C=O) groups excluding carboxylic acids is 2. The van der Waals surface area contributed by atoms with Crippen LogP contribution in [0, 0.1) is 0 Å². The van der Waals surface area contributed by atoms with Crippen molar-refractivity contribution in [3.8, 4) is 0 Å². The molecule has 0 N–H and O–H groups in total. The standard InChI is InChI=1S/C22H23N3O3/c26-19-14-28-21(20(25(19)18-7-8-18)16-6-3-10-23-12-16)22(27)24-11-9-15-4-1-2-5-17(15)13-24/h1-6,10,12,18,20-21H,7-9,11,13-14H2. The summed E-state index contributed by atoms with van der Waals surface area (Å²) in [4.78, 5) is 34.1. The van der Waals surface area contributed by atoms with E-state index in [1.165, 1.54) is 11.1 Å². The number of fused-ring (bicyclic) bond motifs is 1. The zero-order valence-electron chi connectivity index (χ0n) is 15.7. The van der Waals surface area contributed by atoms with Crippen molar-refractivity contribution in [1.29, 1.82) is 0 Å². The van der Waals surface area contributed by atoms with Gasteiger partial charge in [0, 0.05) is 31.5 Å². The summed E-state index contributed by atoms with van der Waals surface area (Å²) < 4.78 is 5.86. The molecule has 28 heavy (non-hydrogen) atoms. The Morgan fingerprint density at radius 3 is 2.68 bits per heavy atom. The van der Waals surface area contributed by atoms with E-state index in [9.17, 15) is 9.59 Å². The summed E-state index contributed by atoms with van der Waals surface area (Å²) >= 11 is 0. The number of morpholine rings is 1. The topological polar surface area (TPSA) is 62.7 Å². The Kier molecular flexibility index (Phi) is 4.36. The first-order chi connectivity index (χ1) is 13.7. The Hall–Kier alpha value is -2.73. The van der Waals surface area contributed by atoms with E-state index >= 15 is 0 Å². The second kappa shape index (κ2) is 7.02. The zero-order chi connectivity index (χ0) is 19.1. The van der Waals surface area contributed by atoms with Gasteiger partial charge < -0.3 is 14.5 Å². The Morgan fingerprint density at radius 2 is 1.93 bits per heavy atom. The minimum absolute atomic E-state index is 0.0336. The molecule has 1 aliphatic carbocycles. The Morgan fingerprint density at radius 1 is 1.11 bits per heavy atom. The Bertz CT molecular complexity index is 897. The number of hydrogen-bond acceptors (Lipinski definition) is 4. The van der Waals surface area contributed by atoms with E-state index in [2.05, 4.69) is 17.1 Å². The number of nitrogens with zero attached hydrogens (tertiary/aromatic N) is 3. The number of hydrogen-bond donors (Lipinski definition) is 0. The first-order valence-corrected chi connectivity index (χ1v) is 9.90. The number of amides is 2. The second-order valence-electron chi connectivity index (χ2n) is 7.77. The van der Waals surface area contributed by atoms with Gasteiger partial charge in [0.15, 0.2) is 6.10 Å². The molecule has 2 unspecified atom stereocenters. The minimum Gasteiger partial charge on any atom is -0.356 e. The molecular formula is C22H23N3O3. The van der Waals surface area contributed by atoms with Gasteiger partial charge in [-0.25, -0.2) is 0 Å². The van der Waals surface area contributed by atoms with Crippen molar-refractivity contribution in [2.45, 2.75) is 44.0 Å². The van der Waals surface area contributed by atoms with E-state index in [1.807, 2.05) is 34.1 Å². The van der Waals surface area contributed by atoms with Crippen molar-refractivity contribution < 1.29 is 14.3 Å². The molecule has 2 aliphatic heterocycles. The molecule has 0 bridgehead atoms. The second-order valence-corrected chi connectivity index (χ2v) is 7.77. The van der Waals surface area contributed by atoms with E-state index in [0.29, 0.717) is 13.1 Å². The first kappa shape index (κ1) is 17.4. The lowest BCUT2D eigenvalue weighted by Crippen LogP contribution is -2.56. The van der Waals surface area contributed by atoms with Gasteiger partial charge in [-0.3, -0.25) is 14.6 Å². The Labute approximate surface area is 164 Å². The summed E-state index contributed by atoms with van der Waals surface area (Å²) in [6.45, 7) is 1.23. The molecule has 1 saturated carbocycles. The van der Waals surface area contributed by atoms with Crippen molar-refractivity contribution in [2.24, 2.45) is 0 Å². The SMILES string of the molecule is O=C(C1OCC(=O)N(C2CC2)C1c1cccnc1)N1CCc2ccccc2C1. The largest absolute Gasteiger partial charge is 0.356 e. The van der Waals surface area contributed by atoms with Gasteiger partial charge in [0.25, 0.3) is 5.91 Å². The maximum Gasteiger partial charge on any atom is 0.254 e. The van der Waals surface area contributed by atoms with Gasteiger partial charge in [-0.05, 0) is 42.0 Å². The average molecular weight is 377 g/mol. The van der Waals surface area contributed by atoms with Crippen molar-refractivity contribution >= 4 is 11.8 Å². The number of carbonyl (C=O) groups is 2. The molecule has 2 fully saturated rings. The quantitative estimate of drug-likeness (QED) is 0.822. The van der Waals surface area contributed by atoms with Crippen LogP contribution in [0.3, 0.4) is 0 Å². The fourth-order valence-electron chi connectivity index (χ4n) is 4.37. The summed E-state index contributed by atoms with van der Waals surface area (Å²) in [5.74, 6) is -0.0779. The monoisotopic (exact) mass is 377 g/mol. The molecule has 5 rings (SSSR count). The molecule has 1 aromatic carbocycles. The minimum atomic E-state index is -0.687. The van der Waals surface area contributed by atoms with Crippen LogP contribution in [0.4, 0.5) is 0 Å². The predicted octanol–water partition coefficient (Wildman–Crippen LogP) is 2.10. The van der Waals surface area contributed by atoms with Gasteiger partial charge in [0.2, 0.25) is 5.91 Å². The first-order valence-electron chi connectivity index (χ1n) is 9.90. The smallest absolute Gasteiger partial charge is 0.254 e. The van der Waals surface area contributed by atoms with E-state index in [0.717, 1.165) is 24.8 Å². The Balaban J connectivity index is 1.45. The van der Waals surface area contributed by atoms with Crippen molar-refractivity contribution in [1.82, 2.24) is 14.8 Å². The summed E-state index contributed by atoms with van der Waals surface area (Å²) in [6.07, 6.45) is 5.58. The molecule has 0 radical (unpaired) electrons. The van der Waals surface area contributed by atoms with Crippen LogP contribution in [0.1, 0.15) is 35.6 Å². The molecule has 3 heterocycles. The molecule has 6 heteroatoms. The van der Waals surface area contributed by atoms with Crippen LogP contribution >= 0.6 is 0 Å². The molecule has 2 aromatic rings. The van der Waals surface area contributed by atoms with Crippen LogP contribution in [0.2, 0.25) is 0 Å². The van der Waals surface area contributed by atoms with Gasteiger partial charge in [0.1, 0.15) is 6.61 Å². The number of ether oxygens (including phenoxy) is 1. The molecule has 1 saturated heterocycles. The van der Waals surface area contributed by atoms with Crippen molar-refractivity contribution in [3.05, 3.63) is 65.5 Å². The summed E-state index contributed by atoms with van der Waals surface area (Å²) in [5, 5.41) is 0. The van der Waals surface area contributed by atoms with E-state index in [4.69, 9.17) is 4.74 Å². The van der Waals surface area contributed by atoms with Crippen LogP contribution < -0.4 is 0 Å². The van der Waals surface area contributed by atoms with Gasteiger partial charge in [0.05, 0.1) is 6.04 Å². The van der Waals surface area contributed by atoms with Crippen LogP contribution in [0.15, 0.2) is 48.8 Å². The summed E-state index contributed by atoms with van der Waals surface area (Å²) in [7, 11) is 0. The van der Waals surface area contributed by atoms with Crippen LogP contribution in [0.5, 0.6) is 0 Å². The fraction of sp³-hybridized carbons (Fsp3) is 0.409. The number of pyridine rings is 1. The zero-order valence-corrected chi connectivity index (χ0v) is 15.7.